The second-order valence-corrected chi connectivity index (χ2v) is 4.91. The molecule has 1 N–H and O–H groups in total. The highest BCUT2D eigenvalue weighted by molar-refractivity contribution is 7.08. The van der Waals surface area contributed by atoms with E-state index in [4.69, 9.17) is 16.3 Å². The van der Waals surface area contributed by atoms with Crippen LogP contribution in [0.1, 0.15) is 15.9 Å². The van der Waals surface area contributed by atoms with Crippen LogP contribution >= 0.6 is 22.9 Å². The molecule has 2 rings (SSSR count). The highest BCUT2D eigenvalue weighted by Crippen LogP contribution is 2.16. The van der Waals surface area contributed by atoms with E-state index < -0.39 is 0 Å². The summed E-state index contributed by atoms with van der Waals surface area (Å²) >= 11 is 7.51. The second-order valence-electron chi connectivity index (χ2n) is 3.60. The Morgan fingerprint density at radius 1 is 1.60 bits per heavy atom. The molecule has 2 heterocycles. The molecular formula is C10H12ClNO2S. The van der Waals surface area contributed by atoms with Gasteiger partial charge in [-0.1, -0.05) is 0 Å². The molecule has 3 nitrogen and oxygen atoms in total. The quantitative estimate of drug-likeness (QED) is 0.807. The zero-order chi connectivity index (χ0) is 10.8. The van der Waals surface area contributed by atoms with E-state index in [1.54, 1.807) is 0 Å². The van der Waals surface area contributed by atoms with Crippen molar-refractivity contribution in [1.29, 1.82) is 0 Å². The standard InChI is InChI=1S/C10H12ClNO2S/c1-6-4-15-5-7(6)10(13)12-9-3-14-2-8(9)11/h4-5,8-9H,2-3H2,1H3,(H,12,13). The summed E-state index contributed by atoms with van der Waals surface area (Å²) in [4.78, 5) is 11.8. The first-order chi connectivity index (χ1) is 7.18. The summed E-state index contributed by atoms with van der Waals surface area (Å²) in [6.07, 6.45) is 0. The fraction of sp³-hybridized carbons (Fsp3) is 0.500. The van der Waals surface area contributed by atoms with Crippen LogP contribution in [-0.2, 0) is 4.74 Å². The van der Waals surface area contributed by atoms with Gasteiger partial charge in [0, 0.05) is 5.38 Å². The third kappa shape index (κ3) is 2.33. The smallest absolute Gasteiger partial charge is 0.252 e. The number of amides is 1. The molecule has 0 aliphatic carbocycles. The van der Waals surface area contributed by atoms with Gasteiger partial charge in [0.2, 0.25) is 0 Å². The number of carbonyl (C=O) groups is 1. The predicted octanol–water partition coefficient (Wildman–Crippen LogP) is 1.79. The van der Waals surface area contributed by atoms with Gasteiger partial charge in [0.05, 0.1) is 30.2 Å². The molecule has 2 unspecified atom stereocenters. The lowest BCUT2D eigenvalue weighted by atomic mass is 10.2. The van der Waals surface area contributed by atoms with Crippen molar-refractivity contribution in [2.45, 2.75) is 18.3 Å². The normalized spacial score (nSPS) is 25.5. The van der Waals surface area contributed by atoms with E-state index in [9.17, 15) is 4.79 Å². The van der Waals surface area contributed by atoms with Gasteiger partial charge in [-0.15, -0.1) is 11.6 Å². The van der Waals surface area contributed by atoms with Crippen molar-refractivity contribution in [3.05, 3.63) is 21.9 Å². The molecule has 0 radical (unpaired) electrons. The number of nitrogens with one attached hydrogen (secondary N) is 1. The van der Waals surface area contributed by atoms with Gasteiger partial charge >= 0.3 is 0 Å². The van der Waals surface area contributed by atoms with Crippen molar-refractivity contribution in [2.75, 3.05) is 13.2 Å². The van der Waals surface area contributed by atoms with Crippen molar-refractivity contribution in [3.63, 3.8) is 0 Å². The molecule has 15 heavy (non-hydrogen) atoms. The van der Waals surface area contributed by atoms with Gasteiger partial charge < -0.3 is 10.1 Å². The number of ether oxygens (including phenoxy) is 1. The summed E-state index contributed by atoms with van der Waals surface area (Å²) in [7, 11) is 0. The van der Waals surface area contributed by atoms with Crippen LogP contribution in [-0.4, -0.2) is 30.5 Å². The van der Waals surface area contributed by atoms with E-state index >= 15 is 0 Å². The summed E-state index contributed by atoms with van der Waals surface area (Å²) in [5.41, 5.74) is 1.73. The average Bonchev–Trinajstić information content (AvgIpc) is 2.76. The number of thiophene rings is 1. The average molecular weight is 246 g/mol. The van der Waals surface area contributed by atoms with Crippen LogP contribution in [0.3, 0.4) is 0 Å². The zero-order valence-electron chi connectivity index (χ0n) is 8.33. The predicted molar refractivity (Wildman–Crippen MR) is 60.8 cm³/mol. The van der Waals surface area contributed by atoms with E-state index in [0.717, 1.165) is 11.1 Å². The molecule has 82 valence electrons. The molecule has 2 atom stereocenters. The minimum Gasteiger partial charge on any atom is -0.378 e. The third-order valence-corrected chi connectivity index (χ3v) is 3.72. The molecular weight excluding hydrogens is 234 g/mol. The monoisotopic (exact) mass is 245 g/mol. The Balaban J connectivity index is 2.01. The van der Waals surface area contributed by atoms with E-state index in [1.807, 2.05) is 17.7 Å². The molecule has 0 saturated carbocycles. The van der Waals surface area contributed by atoms with Crippen molar-refractivity contribution >= 4 is 28.8 Å². The number of hydrogen-bond acceptors (Lipinski definition) is 3. The highest BCUT2D eigenvalue weighted by Gasteiger charge is 2.28. The molecule has 1 aromatic rings. The fourth-order valence-corrected chi connectivity index (χ4v) is 2.55. The SMILES string of the molecule is Cc1cscc1C(=O)NC1COCC1Cl. The Labute approximate surface area is 97.4 Å². The van der Waals surface area contributed by atoms with Crippen molar-refractivity contribution in [1.82, 2.24) is 5.32 Å². The Morgan fingerprint density at radius 2 is 2.40 bits per heavy atom. The Bertz CT molecular complexity index is 366. The summed E-state index contributed by atoms with van der Waals surface area (Å²) < 4.78 is 5.17. The lowest BCUT2D eigenvalue weighted by Gasteiger charge is -2.13. The van der Waals surface area contributed by atoms with Gasteiger partial charge in [-0.2, -0.15) is 11.3 Å². The molecule has 0 spiro atoms. The van der Waals surface area contributed by atoms with Crippen molar-refractivity contribution in [2.24, 2.45) is 0 Å². The van der Waals surface area contributed by atoms with Crippen molar-refractivity contribution < 1.29 is 9.53 Å². The lowest BCUT2D eigenvalue weighted by Crippen LogP contribution is -2.40. The minimum atomic E-state index is -0.118. The third-order valence-electron chi connectivity index (χ3n) is 2.43. The number of halogens is 1. The molecule has 1 aliphatic heterocycles. The van der Waals surface area contributed by atoms with Crippen LogP contribution in [0.5, 0.6) is 0 Å². The maximum absolute atomic E-state index is 11.8. The summed E-state index contributed by atoms with van der Waals surface area (Å²) in [6, 6.07) is -0.0709. The fourth-order valence-electron chi connectivity index (χ4n) is 1.50. The Kier molecular flexibility index (Phi) is 3.29. The van der Waals surface area contributed by atoms with Gasteiger partial charge in [-0.3, -0.25) is 4.79 Å². The number of aryl methyl sites for hydroxylation is 1. The van der Waals surface area contributed by atoms with E-state index in [1.165, 1.54) is 11.3 Å². The van der Waals surface area contributed by atoms with Gasteiger partial charge in [-0.25, -0.2) is 0 Å². The molecule has 1 aliphatic rings. The van der Waals surface area contributed by atoms with Gasteiger partial charge in [0.15, 0.2) is 0 Å². The molecule has 0 bridgehead atoms. The van der Waals surface area contributed by atoms with E-state index in [2.05, 4.69) is 5.32 Å². The zero-order valence-corrected chi connectivity index (χ0v) is 9.90. The minimum absolute atomic E-state index is 0.0603. The molecule has 1 amide bonds. The summed E-state index contributed by atoms with van der Waals surface area (Å²) in [5, 5.41) is 6.57. The van der Waals surface area contributed by atoms with Crippen LogP contribution in [0.4, 0.5) is 0 Å². The molecule has 5 heteroatoms. The van der Waals surface area contributed by atoms with Gasteiger partial charge in [0.25, 0.3) is 5.91 Å². The first-order valence-corrected chi connectivity index (χ1v) is 6.12. The van der Waals surface area contributed by atoms with Gasteiger partial charge in [-0.05, 0) is 17.9 Å². The van der Waals surface area contributed by atoms with Crippen LogP contribution < -0.4 is 5.32 Å². The molecule has 0 aromatic carbocycles. The van der Waals surface area contributed by atoms with E-state index in [-0.39, 0.29) is 17.3 Å². The van der Waals surface area contributed by atoms with Crippen LogP contribution in [0.2, 0.25) is 0 Å². The van der Waals surface area contributed by atoms with Crippen LogP contribution in [0, 0.1) is 6.92 Å². The summed E-state index contributed by atoms with van der Waals surface area (Å²) in [5.74, 6) is -0.0603. The number of rotatable bonds is 2. The highest BCUT2D eigenvalue weighted by atomic mass is 35.5. The number of hydrogen-bond donors (Lipinski definition) is 1. The molecule has 1 fully saturated rings. The number of alkyl halides is 1. The lowest BCUT2D eigenvalue weighted by molar-refractivity contribution is 0.0930. The Hall–Kier alpha value is -0.580. The molecule has 1 saturated heterocycles. The maximum atomic E-state index is 11.8. The molecule has 1 aromatic heterocycles. The second kappa shape index (κ2) is 4.51. The topological polar surface area (TPSA) is 38.3 Å². The van der Waals surface area contributed by atoms with Crippen LogP contribution in [0.25, 0.3) is 0 Å². The van der Waals surface area contributed by atoms with E-state index in [0.29, 0.717) is 13.2 Å². The van der Waals surface area contributed by atoms with Crippen LogP contribution in [0.15, 0.2) is 10.8 Å². The van der Waals surface area contributed by atoms with Crippen molar-refractivity contribution in [3.8, 4) is 0 Å². The maximum Gasteiger partial charge on any atom is 0.252 e. The first-order valence-electron chi connectivity index (χ1n) is 4.74. The number of carbonyl (C=O) groups excluding carboxylic acids is 1. The summed E-state index contributed by atoms with van der Waals surface area (Å²) in [6.45, 7) is 2.94. The first kappa shape index (κ1) is 10.9. The largest absolute Gasteiger partial charge is 0.378 e. The van der Waals surface area contributed by atoms with Gasteiger partial charge in [0.1, 0.15) is 0 Å². The Morgan fingerprint density at radius 3 is 2.93 bits per heavy atom.